The number of rotatable bonds is 9. The fourth-order valence-electron chi connectivity index (χ4n) is 3.13. The van der Waals surface area contributed by atoms with Crippen LogP contribution in [0.3, 0.4) is 0 Å². The van der Waals surface area contributed by atoms with Crippen molar-refractivity contribution in [2.24, 2.45) is 5.41 Å². The molecule has 0 radical (unpaired) electrons. The van der Waals surface area contributed by atoms with Crippen molar-refractivity contribution in [1.29, 1.82) is 0 Å². The van der Waals surface area contributed by atoms with E-state index in [1.807, 2.05) is 22.9 Å². The molecule has 1 aromatic heterocycles. The molecule has 29 heavy (non-hydrogen) atoms. The SMILES string of the molecule is Cc1ccc(-c2nn(Cc3ccccc3)cc2CNCCC(C)(C)C(=O)O)cc1. The lowest BCUT2D eigenvalue weighted by Gasteiger charge is -2.18. The number of nitrogens with zero attached hydrogens (tertiary/aromatic N) is 2. The number of aliphatic carboxylic acids is 1. The van der Waals surface area contributed by atoms with E-state index in [4.69, 9.17) is 5.10 Å². The van der Waals surface area contributed by atoms with Crippen LogP contribution in [0.5, 0.6) is 0 Å². The average Bonchev–Trinajstić information content (AvgIpc) is 3.09. The van der Waals surface area contributed by atoms with E-state index in [0.717, 1.165) is 16.8 Å². The first-order valence-corrected chi connectivity index (χ1v) is 9.96. The van der Waals surface area contributed by atoms with E-state index < -0.39 is 11.4 Å². The van der Waals surface area contributed by atoms with Gasteiger partial charge in [-0.3, -0.25) is 9.48 Å². The van der Waals surface area contributed by atoms with E-state index in [2.05, 4.69) is 54.8 Å². The Morgan fingerprint density at radius 3 is 2.45 bits per heavy atom. The Bertz CT molecular complexity index is 944. The smallest absolute Gasteiger partial charge is 0.309 e. The summed E-state index contributed by atoms with van der Waals surface area (Å²) in [5, 5.41) is 17.5. The van der Waals surface area contributed by atoms with Gasteiger partial charge in [-0.2, -0.15) is 5.10 Å². The molecule has 1 heterocycles. The molecule has 0 fully saturated rings. The predicted molar refractivity (Wildman–Crippen MR) is 116 cm³/mol. The second-order valence-corrected chi connectivity index (χ2v) is 8.17. The number of nitrogens with one attached hydrogen (secondary N) is 1. The van der Waals surface area contributed by atoms with Gasteiger partial charge in [0.2, 0.25) is 0 Å². The lowest BCUT2D eigenvalue weighted by molar-refractivity contribution is -0.147. The van der Waals surface area contributed by atoms with Crippen LogP contribution in [0.25, 0.3) is 11.3 Å². The largest absolute Gasteiger partial charge is 0.481 e. The normalized spacial score (nSPS) is 11.6. The van der Waals surface area contributed by atoms with Crippen molar-refractivity contribution in [3.63, 3.8) is 0 Å². The highest BCUT2D eigenvalue weighted by molar-refractivity contribution is 5.73. The molecule has 2 aromatic carbocycles. The van der Waals surface area contributed by atoms with Crippen molar-refractivity contribution in [2.75, 3.05) is 6.54 Å². The van der Waals surface area contributed by atoms with Gasteiger partial charge in [0.15, 0.2) is 0 Å². The summed E-state index contributed by atoms with van der Waals surface area (Å²) in [5.41, 5.74) is 4.85. The van der Waals surface area contributed by atoms with E-state index in [-0.39, 0.29) is 0 Å². The van der Waals surface area contributed by atoms with Crippen LogP contribution in [0.1, 0.15) is 37.0 Å². The van der Waals surface area contributed by atoms with Gasteiger partial charge in [0, 0.05) is 23.9 Å². The van der Waals surface area contributed by atoms with E-state index >= 15 is 0 Å². The van der Waals surface area contributed by atoms with Crippen molar-refractivity contribution >= 4 is 5.97 Å². The summed E-state index contributed by atoms with van der Waals surface area (Å²) in [7, 11) is 0. The topological polar surface area (TPSA) is 67.2 Å². The molecule has 0 amide bonds. The van der Waals surface area contributed by atoms with Crippen LogP contribution in [0, 0.1) is 12.3 Å². The number of carboxylic acids is 1. The van der Waals surface area contributed by atoms with Gasteiger partial charge < -0.3 is 10.4 Å². The molecule has 0 spiro atoms. The van der Waals surface area contributed by atoms with Crippen molar-refractivity contribution < 1.29 is 9.90 Å². The van der Waals surface area contributed by atoms with Gasteiger partial charge in [-0.15, -0.1) is 0 Å². The lowest BCUT2D eigenvalue weighted by atomic mass is 9.90. The minimum absolute atomic E-state index is 0.570. The van der Waals surface area contributed by atoms with Crippen molar-refractivity contribution in [2.45, 2.75) is 40.3 Å². The molecule has 0 unspecified atom stereocenters. The molecule has 0 saturated heterocycles. The quantitative estimate of drug-likeness (QED) is 0.527. The molecular formula is C24H29N3O2. The van der Waals surface area contributed by atoms with Crippen LogP contribution in [-0.4, -0.2) is 27.4 Å². The summed E-state index contributed by atoms with van der Waals surface area (Å²) in [6, 6.07) is 18.7. The molecule has 5 nitrogen and oxygen atoms in total. The first-order valence-electron chi connectivity index (χ1n) is 9.96. The highest BCUT2D eigenvalue weighted by Gasteiger charge is 2.26. The number of carbonyl (C=O) groups is 1. The Kier molecular flexibility index (Phi) is 6.49. The average molecular weight is 392 g/mol. The second-order valence-electron chi connectivity index (χ2n) is 8.17. The molecule has 2 N–H and O–H groups in total. The number of benzene rings is 2. The van der Waals surface area contributed by atoms with Crippen molar-refractivity contribution in [3.8, 4) is 11.3 Å². The number of hydrogen-bond donors (Lipinski definition) is 2. The Labute approximate surface area is 172 Å². The molecular weight excluding hydrogens is 362 g/mol. The molecule has 152 valence electrons. The highest BCUT2D eigenvalue weighted by Crippen LogP contribution is 2.24. The van der Waals surface area contributed by atoms with Crippen LogP contribution in [-0.2, 0) is 17.9 Å². The zero-order valence-electron chi connectivity index (χ0n) is 17.4. The number of hydrogen-bond acceptors (Lipinski definition) is 3. The van der Waals surface area contributed by atoms with Gasteiger partial charge in [-0.25, -0.2) is 0 Å². The molecule has 0 aliphatic carbocycles. The van der Waals surface area contributed by atoms with Gasteiger partial charge in [-0.05, 0) is 39.3 Å². The summed E-state index contributed by atoms with van der Waals surface area (Å²) in [5.74, 6) is -0.768. The fourth-order valence-corrected chi connectivity index (χ4v) is 3.13. The molecule has 0 aliphatic rings. The molecule has 0 saturated carbocycles. The van der Waals surface area contributed by atoms with Crippen LogP contribution >= 0.6 is 0 Å². The number of carboxylic acid groups (broad SMARTS) is 1. The van der Waals surface area contributed by atoms with Crippen LogP contribution in [0.4, 0.5) is 0 Å². The predicted octanol–water partition coefficient (Wildman–Crippen LogP) is 4.50. The summed E-state index contributed by atoms with van der Waals surface area (Å²) < 4.78 is 1.97. The Balaban J connectivity index is 1.76. The number of aryl methyl sites for hydroxylation is 1. The maximum atomic E-state index is 11.3. The molecule has 0 aliphatic heterocycles. The van der Waals surface area contributed by atoms with E-state index in [0.29, 0.717) is 26.1 Å². The zero-order chi connectivity index (χ0) is 20.9. The zero-order valence-corrected chi connectivity index (χ0v) is 17.4. The molecule has 3 aromatic rings. The summed E-state index contributed by atoms with van der Waals surface area (Å²) in [4.78, 5) is 11.3. The second kappa shape index (κ2) is 9.05. The summed E-state index contributed by atoms with van der Waals surface area (Å²) in [6.07, 6.45) is 2.65. The van der Waals surface area contributed by atoms with Gasteiger partial charge in [-0.1, -0.05) is 60.2 Å². The van der Waals surface area contributed by atoms with Crippen LogP contribution in [0.15, 0.2) is 60.8 Å². The monoisotopic (exact) mass is 391 g/mol. The van der Waals surface area contributed by atoms with Gasteiger partial charge in [0.05, 0.1) is 17.7 Å². The van der Waals surface area contributed by atoms with E-state index in [9.17, 15) is 9.90 Å². The highest BCUT2D eigenvalue weighted by atomic mass is 16.4. The third kappa shape index (κ3) is 5.55. The van der Waals surface area contributed by atoms with Crippen LogP contribution < -0.4 is 5.32 Å². The fraction of sp³-hybridized carbons (Fsp3) is 0.333. The Morgan fingerprint density at radius 2 is 1.79 bits per heavy atom. The summed E-state index contributed by atoms with van der Waals surface area (Å²) >= 11 is 0. The third-order valence-corrected chi connectivity index (χ3v) is 5.17. The van der Waals surface area contributed by atoms with Crippen LogP contribution in [0.2, 0.25) is 0 Å². The molecule has 0 atom stereocenters. The maximum Gasteiger partial charge on any atom is 0.309 e. The first kappa shape index (κ1) is 20.8. The molecule has 3 rings (SSSR count). The number of aromatic nitrogens is 2. The minimum atomic E-state index is -0.768. The lowest BCUT2D eigenvalue weighted by Crippen LogP contribution is -2.28. The van der Waals surface area contributed by atoms with Crippen molar-refractivity contribution in [3.05, 3.63) is 77.5 Å². The first-order chi connectivity index (χ1) is 13.8. The van der Waals surface area contributed by atoms with Gasteiger partial charge in [0.1, 0.15) is 0 Å². The van der Waals surface area contributed by atoms with Crippen molar-refractivity contribution in [1.82, 2.24) is 15.1 Å². The Hall–Kier alpha value is -2.92. The standard InChI is InChI=1S/C24H29N3O2/c1-18-9-11-20(12-10-18)22-21(15-25-14-13-24(2,3)23(28)29)17-27(26-22)16-19-7-5-4-6-8-19/h4-12,17,25H,13-16H2,1-3H3,(H,28,29). The van der Waals surface area contributed by atoms with Gasteiger partial charge >= 0.3 is 5.97 Å². The van der Waals surface area contributed by atoms with E-state index in [1.165, 1.54) is 11.1 Å². The molecule has 5 heteroatoms. The maximum absolute atomic E-state index is 11.3. The van der Waals surface area contributed by atoms with E-state index in [1.54, 1.807) is 13.8 Å². The third-order valence-electron chi connectivity index (χ3n) is 5.17. The van der Waals surface area contributed by atoms with Gasteiger partial charge in [0.25, 0.3) is 0 Å². The summed E-state index contributed by atoms with van der Waals surface area (Å²) in [6.45, 7) is 7.58. The minimum Gasteiger partial charge on any atom is -0.481 e. The molecule has 0 bridgehead atoms. The Morgan fingerprint density at radius 1 is 1.10 bits per heavy atom.